The van der Waals surface area contributed by atoms with Crippen molar-refractivity contribution < 1.29 is 9.59 Å². The van der Waals surface area contributed by atoms with E-state index in [0.717, 1.165) is 13.1 Å². The number of carbonyl (C=O) groups is 2. The number of amides is 2. The molecule has 106 valence electrons. The molecule has 5 nitrogen and oxygen atoms in total. The van der Waals surface area contributed by atoms with Crippen molar-refractivity contribution in [3.05, 3.63) is 15.0 Å². The Morgan fingerprint density at radius 2 is 2.11 bits per heavy atom. The van der Waals surface area contributed by atoms with Gasteiger partial charge in [0, 0.05) is 26.1 Å². The maximum Gasteiger partial charge on any atom is 0.264 e. The molecule has 0 aliphatic rings. The van der Waals surface area contributed by atoms with E-state index in [-0.39, 0.29) is 11.8 Å². The Hall–Kier alpha value is -0.950. The average molecular weight is 348 g/mol. The first-order chi connectivity index (χ1) is 9.10. The minimum atomic E-state index is -0.148. The minimum absolute atomic E-state index is 0.137. The monoisotopic (exact) mass is 347 g/mol. The largest absolute Gasteiger partial charge is 0.351 e. The fourth-order valence-corrected chi connectivity index (χ4v) is 2.93. The van der Waals surface area contributed by atoms with E-state index in [4.69, 9.17) is 0 Å². The molecule has 0 saturated carbocycles. The molecule has 19 heavy (non-hydrogen) atoms. The molecule has 2 amide bonds. The lowest BCUT2D eigenvalue weighted by Gasteiger charge is -2.18. The zero-order valence-corrected chi connectivity index (χ0v) is 13.5. The minimum Gasteiger partial charge on any atom is -0.351 e. The third-order valence-corrected chi connectivity index (χ3v) is 4.39. The highest BCUT2D eigenvalue weighted by molar-refractivity contribution is 9.10. The molecule has 0 fully saturated rings. The molecule has 0 aromatic carbocycles. The molecule has 0 spiro atoms. The number of nitrogens with one attached hydrogen (secondary N) is 1. The normalized spacial score (nSPS) is 10.3. The summed E-state index contributed by atoms with van der Waals surface area (Å²) in [6.07, 6.45) is 1.11. The number of hydrogen-bond acceptors (Lipinski definition) is 4. The van der Waals surface area contributed by atoms with Crippen LogP contribution in [0.15, 0.2) is 10.1 Å². The molecule has 7 heteroatoms. The van der Waals surface area contributed by atoms with E-state index >= 15 is 0 Å². The van der Waals surface area contributed by atoms with Crippen molar-refractivity contribution in [1.82, 2.24) is 15.2 Å². The summed E-state index contributed by atoms with van der Waals surface area (Å²) in [6.45, 7) is 5.89. The summed E-state index contributed by atoms with van der Waals surface area (Å²) in [5, 5.41) is 2.79. The maximum absolute atomic E-state index is 11.8. The molecule has 0 aliphatic heterocycles. The van der Waals surface area contributed by atoms with Crippen molar-refractivity contribution in [1.29, 1.82) is 0 Å². The lowest BCUT2D eigenvalue weighted by atomic mass is 10.2. The summed E-state index contributed by atoms with van der Waals surface area (Å²) in [6, 6.07) is 0. The van der Waals surface area contributed by atoms with E-state index in [9.17, 15) is 9.59 Å². The van der Waals surface area contributed by atoms with Crippen LogP contribution in [0.25, 0.3) is 0 Å². The van der Waals surface area contributed by atoms with Crippen LogP contribution in [0.3, 0.4) is 0 Å². The van der Waals surface area contributed by atoms with E-state index in [1.807, 2.05) is 13.8 Å². The second kappa shape index (κ2) is 8.27. The number of thiazole rings is 1. The average Bonchev–Trinajstić information content (AvgIpc) is 2.82. The first-order valence-corrected chi connectivity index (χ1v) is 7.92. The van der Waals surface area contributed by atoms with Gasteiger partial charge in [0.2, 0.25) is 5.91 Å². The van der Waals surface area contributed by atoms with Crippen LogP contribution < -0.4 is 5.32 Å². The lowest BCUT2D eigenvalue weighted by Crippen LogP contribution is -2.31. The van der Waals surface area contributed by atoms with E-state index in [1.165, 1.54) is 11.3 Å². The van der Waals surface area contributed by atoms with Crippen LogP contribution in [-0.2, 0) is 4.79 Å². The zero-order chi connectivity index (χ0) is 14.3. The van der Waals surface area contributed by atoms with Crippen LogP contribution in [0.2, 0.25) is 0 Å². The van der Waals surface area contributed by atoms with Crippen LogP contribution in [0.5, 0.6) is 0 Å². The summed E-state index contributed by atoms with van der Waals surface area (Å²) in [4.78, 5) is 29.8. The van der Waals surface area contributed by atoms with Gasteiger partial charge in [-0.1, -0.05) is 0 Å². The van der Waals surface area contributed by atoms with Crippen molar-refractivity contribution >= 4 is 39.1 Å². The quantitative estimate of drug-likeness (QED) is 0.769. The summed E-state index contributed by atoms with van der Waals surface area (Å²) >= 11 is 4.50. The van der Waals surface area contributed by atoms with Crippen LogP contribution in [-0.4, -0.2) is 41.3 Å². The molecular formula is C12H18BrN3O2S. The molecule has 0 atom stereocenters. The fourth-order valence-electron chi connectivity index (χ4n) is 1.64. The zero-order valence-electron chi connectivity index (χ0n) is 11.1. The van der Waals surface area contributed by atoms with E-state index < -0.39 is 0 Å². The predicted octanol–water partition coefficient (Wildman–Crippen LogP) is 2.28. The molecule has 0 unspecified atom stereocenters. The van der Waals surface area contributed by atoms with Crippen molar-refractivity contribution in [2.45, 2.75) is 26.7 Å². The topological polar surface area (TPSA) is 62.3 Å². The molecule has 1 rings (SSSR count). The van der Waals surface area contributed by atoms with Gasteiger partial charge in [-0.15, -0.1) is 11.3 Å². The summed E-state index contributed by atoms with van der Waals surface area (Å²) < 4.78 is 0.564. The smallest absolute Gasteiger partial charge is 0.264 e. The van der Waals surface area contributed by atoms with Gasteiger partial charge in [-0.05, 0) is 36.2 Å². The molecule has 1 aromatic rings. The van der Waals surface area contributed by atoms with E-state index in [2.05, 4.69) is 26.2 Å². The Morgan fingerprint density at radius 1 is 1.42 bits per heavy atom. The second-order valence-electron chi connectivity index (χ2n) is 3.90. The first-order valence-electron chi connectivity index (χ1n) is 6.25. The highest BCUT2D eigenvalue weighted by Gasteiger charge is 2.13. The molecule has 0 radical (unpaired) electrons. The van der Waals surface area contributed by atoms with E-state index in [0.29, 0.717) is 28.9 Å². The fraction of sp³-hybridized carbons (Fsp3) is 0.583. The maximum atomic E-state index is 11.8. The second-order valence-corrected chi connectivity index (χ2v) is 5.50. The van der Waals surface area contributed by atoms with Gasteiger partial charge in [-0.25, -0.2) is 4.98 Å². The van der Waals surface area contributed by atoms with Gasteiger partial charge >= 0.3 is 0 Å². The van der Waals surface area contributed by atoms with Gasteiger partial charge in [0.1, 0.15) is 9.48 Å². The highest BCUT2D eigenvalue weighted by atomic mass is 79.9. The molecule has 0 aliphatic carbocycles. The Kier molecular flexibility index (Phi) is 7.01. The summed E-state index contributed by atoms with van der Waals surface area (Å²) in [7, 11) is 0. The van der Waals surface area contributed by atoms with Crippen LogP contribution in [0.1, 0.15) is 36.4 Å². The Bertz CT molecular complexity index is 432. The number of halogens is 1. The third kappa shape index (κ3) is 4.91. The van der Waals surface area contributed by atoms with Crippen molar-refractivity contribution in [3.8, 4) is 0 Å². The number of rotatable bonds is 7. The van der Waals surface area contributed by atoms with Crippen LogP contribution in [0, 0.1) is 0 Å². The van der Waals surface area contributed by atoms with Gasteiger partial charge in [0.05, 0.1) is 5.51 Å². The molecule has 0 saturated heterocycles. The molecule has 1 N–H and O–H groups in total. The first kappa shape index (κ1) is 16.1. The number of aromatic nitrogens is 1. The highest BCUT2D eigenvalue weighted by Crippen LogP contribution is 2.18. The van der Waals surface area contributed by atoms with Crippen LogP contribution >= 0.6 is 27.3 Å². The van der Waals surface area contributed by atoms with Gasteiger partial charge in [0.15, 0.2) is 0 Å². The number of hydrogen-bond donors (Lipinski definition) is 1. The van der Waals surface area contributed by atoms with Crippen molar-refractivity contribution in [3.63, 3.8) is 0 Å². The Labute approximate surface area is 125 Å². The summed E-state index contributed by atoms with van der Waals surface area (Å²) in [5.74, 6) is -0.0112. The Balaban J connectivity index is 2.26. The SMILES string of the molecule is CCN(CC)C(=O)CCCNC(=O)c1scnc1Br. The van der Waals surface area contributed by atoms with Gasteiger partial charge in [-0.2, -0.15) is 0 Å². The van der Waals surface area contributed by atoms with Gasteiger partial charge < -0.3 is 10.2 Å². The molecule has 1 heterocycles. The van der Waals surface area contributed by atoms with Crippen molar-refractivity contribution in [2.75, 3.05) is 19.6 Å². The van der Waals surface area contributed by atoms with Crippen LogP contribution in [0.4, 0.5) is 0 Å². The third-order valence-electron chi connectivity index (χ3n) is 2.70. The van der Waals surface area contributed by atoms with E-state index in [1.54, 1.807) is 10.4 Å². The summed E-state index contributed by atoms with van der Waals surface area (Å²) in [5.41, 5.74) is 1.61. The Morgan fingerprint density at radius 3 is 2.63 bits per heavy atom. The van der Waals surface area contributed by atoms with Gasteiger partial charge in [0.25, 0.3) is 5.91 Å². The molecule has 1 aromatic heterocycles. The predicted molar refractivity (Wildman–Crippen MR) is 79.3 cm³/mol. The van der Waals surface area contributed by atoms with Crippen molar-refractivity contribution in [2.24, 2.45) is 0 Å². The number of carbonyl (C=O) groups excluding carboxylic acids is 2. The molecule has 0 bridgehead atoms. The standard InChI is InChI=1S/C12H18BrN3O2S/c1-3-16(4-2)9(17)6-5-7-14-12(18)10-11(13)15-8-19-10/h8H,3-7H2,1-2H3,(H,14,18). The number of nitrogens with zero attached hydrogens (tertiary/aromatic N) is 2. The molecular weight excluding hydrogens is 330 g/mol. The van der Waals surface area contributed by atoms with Gasteiger partial charge in [-0.3, -0.25) is 9.59 Å². The lowest BCUT2D eigenvalue weighted by molar-refractivity contribution is -0.130.